The second-order valence-corrected chi connectivity index (χ2v) is 11.2. The van der Waals surface area contributed by atoms with Gasteiger partial charge in [0.05, 0.1) is 12.7 Å². The van der Waals surface area contributed by atoms with Gasteiger partial charge in [0, 0.05) is 30.3 Å². The van der Waals surface area contributed by atoms with Gasteiger partial charge < -0.3 is 26.2 Å². The molecule has 0 saturated heterocycles. The quantitative estimate of drug-likeness (QED) is 0.324. The second-order valence-electron chi connectivity index (χ2n) is 11.2. The first-order valence-electron chi connectivity index (χ1n) is 13.9. The molecule has 0 atom stereocenters. The molecule has 0 unspecified atom stereocenters. The molecule has 3 aromatic rings. The number of ether oxygens (including phenoxy) is 1. The summed E-state index contributed by atoms with van der Waals surface area (Å²) >= 11 is 0. The van der Waals surface area contributed by atoms with Crippen LogP contribution in [0.2, 0.25) is 0 Å². The fourth-order valence-electron chi connectivity index (χ4n) is 5.76. The van der Waals surface area contributed by atoms with Crippen LogP contribution < -0.4 is 16.4 Å². The van der Waals surface area contributed by atoms with Crippen LogP contribution in [0.5, 0.6) is 0 Å². The number of aromatic nitrogens is 1. The van der Waals surface area contributed by atoms with Crippen molar-refractivity contribution in [1.82, 2.24) is 10.3 Å². The van der Waals surface area contributed by atoms with E-state index in [0.29, 0.717) is 24.7 Å². The molecule has 5 rings (SSSR count). The first-order chi connectivity index (χ1) is 19.1. The number of carbonyl (C=O) groups is 2. The lowest BCUT2D eigenvalue weighted by Crippen LogP contribution is -2.58. The van der Waals surface area contributed by atoms with E-state index in [1.54, 1.807) is 6.20 Å². The first kappa shape index (κ1) is 29.2. The Morgan fingerprint density at radius 3 is 2.17 bits per heavy atom. The molecule has 2 fully saturated rings. The number of benzene rings is 2. The maximum atomic E-state index is 11.4. The fraction of sp³-hybridized carbons (Fsp3) is 0.406. The van der Waals surface area contributed by atoms with Crippen molar-refractivity contribution in [2.45, 2.75) is 76.0 Å². The van der Waals surface area contributed by atoms with Gasteiger partial charge in [-0.15, -0.1) is 0 Å². The molecule has 1 aromatic heterocycles. The molecule has 2 aliphatic carbocycles. The number of amides is 2. The van der Waals surface area contributed by atoms with Crippen LogP contribution in [0, 0.1) is 0 Å². The fourth-order valence-corrected chi connectivity index (χ4v) is 5.76. The number of alkyl carbamates (subject to hydrolysis) is 1. The third-order valence-corrected chi connectivity index (χ3v) is 7.57. The lowest BCUT2D eigenvalue weighted by atomic mass is 9.63. The number of nitrogens with one attached hydrogen (secondary N) is 2. The Labute approximate surface area is 236 Å². The monoisotopic (exact) mass is 544 g/mol. The van der Waals surface area contributed by atoms with Gasteiger partial charge in [-0.3, -0.25) is 4.79 Å². The summed E-state index contributed by atoms with van der Waals surface area (Å²) in [6.45, 7) is 3.29. The van der Waals surface area contributed by atoms with E-state index in [0.717, 1.165) is 40.7 Å². The van der Waals surface area contributed by atoms with Crippen molar-refractivity contribution < 1.29 is 19.4 Å². The van der Waals surface area contributed by atoms with Gasteiger partial charge in [-0.1, -0.05) is 73.9 Å². The van der Waals surface area contributed by atoms with Crippen molar-refractivity contribution in [3.05, 3.63) is 72.4 Å². The highest BCUT2D eigenvalue weighted by molar-refractivity contribution is 5.91. The number of pyridine rings is 1. The smallest absolute Gasteiger partial charge is 0.407 e. The number of carbonyl (C=O) groups excluding carboxylic acids is 2. The molecule has 2 aliphatic rings. The molecule has 5 N–H and O–H groups in total. The van der Waals surface area contributed by atoms with Crippen LogP contribution in [0.25, 0.3) is 22.3 Å². The Morgan fingerprint density at radius 1 is 0.975 bits per heavy atom. The summed E-state index contributed by atoms with van der Waals surface area (Å²) in [7, 11) is 1.40. The maximum absolute atomic E-state index is 11.4. The zero-order valence-electron chi connectivity index (χ0n) is 23.6. The number of nitrogens with zero attached hydrogens (tertiary/aromatic N) is 1. The normalized spacial score (nSPS) is 22.2. The van der Waals surface area contributed by atoms with E-state index < -0.39 is 11.1 Å². The van der Waals surface area contributed by atoms with Crippen molar-refractivity contribution in [1.29, 1.82) is 0 Å². The number of anilines is 1. The van der Waals surface area contributed by atoms with E-state index in [2.05, 4.69) is 20.4 Å². The predicted molar refractivity (Wildman–Crippen MR) is 158 cm³/mol. The summed E-state index contributed by atoms with van der Waals surface area (Å²) in [5.74, 6) is 0.368. The third-order valence-electron chi connectivity index (χ3n) is 7.57. The molecule has 212 valence electrons. The van der Waals surface area contributed by atoms with Gasteiger partial charge >= 0.3 is 6.09 Å². The summed E-state index contributed by atoms with van der Waals surface area (Å²) in [5, 5.41) is 15.6. The van der Waals surface area contributed by atoms with Crippen LogP contribution in [-0.4, -0.2) is 40.8 Å². The van der Waals surface area contributed by atoms with Crippen molar-refractivity contribution >= 4 is 17.8 Å². The molecule has 0 spiro atoms. The van der Waals surface area contributed by atoms with E-state index in [1.165, 1.54) is 33.3 Å². The predicted octanol–water partition coefficient (Wildman–Crippen LogP) is 5.75. The highest BCUT2D eigenvalue weighted by atomic mass is 16.5. The highest BCUT2D eigenvalue weighted by Crippen LogP contribution is 2.46. The molecule has 2 amide bonds. The van der Waals surface area contributed by atoms with Crippen molar-refractivity contribution in [3.8, 4) is 22.3 Å². The zero-order valence-corrected chi connectivity index (χ0v) is 23.6. The lowest BCUT2D eigenvalue weighted by Gasteiger charge is -2.49. The summed E-state index contributed by atoms with van der Waals surface area (Å²) < 4.78 is 4.50. The second kappa shape index (κ2) is 12.6. The standard InChI is InChI=1S/C24H25N3O2.C8H15NO2/c1-16(28)27-22-12-20(17-6-4-3-5-7-17)21(13-26-22)18-8-10-19(11-9-18)24(25)14-23(2,29)15-24;1-11-8(10)9-7-5-3-2-4-6-7/h3-13,29H,14-15,25H2,1-2H3,(H,26,27,28);7H,2-6H2,1H3,(H,9,10). The average molecular weight is 545 g/mol. The molecule has 2 aromatic carbocycles. The van der Waals surface area contributed by atoms with Crippen LogP contribution in [0.15, 0.2) is 66.9 Å². The molecular weight excluding hydrogens is 504 g/mol. The molecule has 0 aliphatic heterocycles. The molecule has 8 nitrogen and oxygen atoms in total. The zero-order chi connectivity index (χ0) is 28.8. The number of hydrogen-bond donors (Lipinski definition) is 4. The molecular formula is C32H40N4O4. The Morgan fingerprint density at radius 2 is 1.60 bits per heavy atom. The van der Waals surface area contributed by atoms with E-state index in [9.17, 15) is 14.7 Å². The van der Waals surface area contributed by atoms with Gasteiger partial charge in [0.1, 0.15) is 5.82 Å². The van der Waals surface area contributed by atoms with Gasteiger partial charge in [-0.2, -0.15) is 0 Å². The van der Waals surface area contributed by atoms with Gasteiger partial charge in [-0.25, -0.2) is 9.78 Å². The van der Waals surface area contributed by atoms with Crippen molar-refractivity contribution in [3.63, 3.8) is 0 Å². The van der Waals surface area contributed by atoms with E-state index >= 15 is 0 Å². The van der Waals surface area contributed by atoms with E-state index in [-0.39, 0.29) is 12.0 Å². The first-order valence-corrected chi connectivity index (χ1v) is 13.9. The third kappa shape index (κ3) is 7.46. The van der Waals surface area contributed by atoms with Crippen LogP contribution in [0.4, 0.5) is 10.6 Å². The van der Waals surface area contributed by atoms with E-state index in [4.69, 9.17) is 5.73 Å². The molecule has 0 radical (unpaired) electrons. The molecule has 2 saturated carbocycles. The van der Waals surface area contributed by atoms with Gasteiger partial charge in [0.25, 0.3) is 0 Å². The number of rotatable bonds is 5. The average Bonchev–Trinajstić information content (AvgIpc) is 2.93. The van der Waals surface area contributed by atoms with Crippen LogP contribution in [0.3, 0.4) is 0 Å². The van der Waals surface area contributed by atoms with Gasteiger partial charge in [0.15, 0.2) is 0 Å². The largest absolute Gasteiger partial charge is 0.453 e. The topological polar surface area (TPSA) is 127 Å². The highest BCUT2D eigenvalue weighted by Gasteiger charge is 2.49. The number of methoxy groups -OCH3 is 1. The van der Waals surface area contributed by atoms with Gasteiger partial charge in [-0.05, 0) is 60.9 Å². The minimum absolute atomic E-state index is 0.154. The maximum Gasteiger partial charge on any atom is 0.407 e. The molecule has 8 heteroatoms. The summed E-state index contributed by atoms with van der Waals surface area (Å²) in [6, 6.07) is 20.4. The van der Waals surface area contributed by atoms with Crippen molar-refractivity contribution in [2.75, 3.05) is 12.4 Å². The molecule has 0 bridgehead atoms. The van der Waals surface area contributed by atoms with Crippen molar-refractivity contribution in [2.24, 2.45) is 5.73 Å². The summed E-state index contributed by atoms with van der Waals surface area (Å²) in [5.41, 5.74) is 10.4. The van der Waals surface area contributed by atoms with Crippen LogP contribution in [0.1, 0.15) is 64.4 Å². The number of aliphatic hydroxyl groups is 1. The lowest BCUT2D eigenvalue weighted by molar-refractivity contribution is -0.114. The number of hydrogen-bond acceptors (Lipinski definition) is 6. The SMILES string of the molecule is CC(=O)Nc1cc(-c2ccccc2)c(-c2ccc(C3(N)CC(C)(O)C3)cc2)cn1.COC(=O)NC1CCCCC1. The Hall–Kier alpha value is -3.75. The Bertz CT molecular complexity index is 1290. The molecule has 40 heavy (non-hydrogen) atoms. The summed E-state index contributed by atoms with van der Waals surface area (Å²) in [4.78, 5) is 26.6. The Kier molecular flexibility index (Phi) is 9.22. The van der Waals surface area contributed by atoms with Crippen LogP contribution >= 0.6 is 0 Å². The minimum Gasteiger partial charge on any atom is -0.453 e. The Balaban J connectivity index is 0.000000283. The molecule has 1 heterocycles. The summed E-state index contributed by atoms with van der Waals surface area (Å²) in [6.07, 6.45) is 8.59. The van der Waals surface area contributed by atoms with Crippen LogP contribution in [-0.2, 0) is 15.1 Å². The van der Waals surface area contributed by atoms with Gasteiger partial charge in [0.2, 0.25) is 5.91 Å². The van der Waals surface area contributed by atoms with E-state index in [1.807, 2.05) is 67.6 Å². The minimum atomic E-state index is -0.683. The number of nitrogens with two attached hydrogens (primary N) is 1.